The van der Waals surface area contributed by atoms with E-state index in [0.29, 0.717) is 0 Å². The van der Waals surface area contributed by atoms with Crippen LogP contribution >= 0.6 is 23.7 Å². The van der Waals surface area contributed by atoms with Gasteiger partial charge >= 0.3 is 0 Å². The molecule has 0 unspecified atom stereocenters. The summed E-state index contributed by atoms with van der Waals surface area (Å²) in [6, 6.07) is 0. The van der Waals surface area contributed by atoms with E-state index in [9.17, 15) is 0 Å². The van der Waals surface area contributed by atoms with Crippen molar-refractivity contribution in [2.24, 2.45) is 0 Å². The molecule has 3 nitrogen and oxygen atoms in total. The van der Waals surface area contributed by atoms with Gasteiger partial charge in [-0.25, -0.2) is 4.98 Å². The second-order valence-corrected chi connectivity index (χ2v) is 4.05. The number of anilines is 1. The topological polar surface area (TPSA) is 28.2 Å². The fourth-order valence-corrected chi connectivity index (χ4v) is 2.42. The molecule has 0 aliphatic carbocycles. The standard InChI is InChI=1S/C9H15N3S.ClH/c1-2-8-7-13-9(11-8)12-5-3-10-4-6-12;/h7,10H,2-6H2,1H3;1H. The Kier molecular flexibility index (Phi) is 4.65. The first kappa shape index (κ1) is 11.8. The van der Waals surface area contributed by atoms with E-state index < -0.39 is 0 Å². The summed E-state index contributed by atoms with van der Waals surface area (Å²) in [6.07, 6.45) is 1.04. The number of thiazole rings is 1. The van der Waals surface area contributed by atoms with Crippen LogP contribution in [0.4, 0.5) is 5.13 Å². The van der Waals surface area contributed by atoms with E-state index >= 15 is 0 Å². The summed E-state index contributed by atoms with van der Waals surface area (Å²) in [5.41, 5.74) is 1.22. The van der Waals surface area contributed by atoms with Crippen molar-refractivity contribution in [2.45, 2.75) is 13.3 Å². The van der Waals surface area contributed by atoms with E-state index in [4.69, 9.17) is 0 Å². The van der Waals surface area contributed by atoms with Crippen LogP contribution in [0.15, 0.2) is 5.38 Å². The lowest BCUT2D eigenvalue weighted by atomic mass is 10.4. The van der Waals surface area contributed by atoms with Crippen LogP contribution in [0.3, 0.4) is 0 Å². The Balaban J connectivity index is 0.000000980. The average molecular weight is 234 g/mol. The van der Waals surface area contributed by atoms with Crippen LogP contribution in [-0.2, 0) is 6.42 Å². The Hall–Kier alpha value is -0.320. The highest BCUT2D eigenvalue weighted by Crippen LogP contribution is 2.20. The van der Waals surface area contributed by atoms with Crippen molar-refractivity contribution >= 4 is 28.9 Å². The minimum atomic E-state index is 0. The molecule has 0 bridgehead atoms. The molecule has 1 aromatic heterocycles. The number of halogens is 1. The van der Waals surface area contributed by atoms with Gasteiger partial charge < -0.3 is 10.2 Å². The zero-order valence-corrected chi connectivity index (χ0v) is 9.96. The molecule has 0 radical (unpaired) electrons. The molecule has 80 valence electrons. The molecule has 1 aromatic rings. The van der Waals surface area contributed by atoms with Gasteiger partial charge in [0.25, 0.3) is 0 Å². The van der Waals surface area contributed by atoms with Crippen molar-refractivity contribution in [1.29, 1.82) is 0 Å². The van der Waals surface area contributed by atoms with Crippen molar-refractivity contribution in [3.05, 3.63) is 11.1 Å². The quantitative estimate of drug-likeness (QED) is 0.840. The number of nitrogens with zero attached hydrogens (tertiary/aromatic N) is 2. The third-order valence-electron chi connectivity index (χ3n) is 2.29. The lowest BCUT2D eigenvalue weighted by molar-refractivity contribution is 0.588. The molecule has 2 rings (SSSR count). The van der Waals surface area contributed by atoms with Gasteiger partial charge in [-0.3, -0.25) is 0 Å². The number of hydrogen-bond acceptors (Lipinski definition) is 4. The molecule has 0 aromatic carbocycles. The number of hydrogen-bond donors (Lipinski definition) is 1. The smallest absolute Gasteiger partial charge is 0.185 e. The van der Waals surface area contributed by atoms with E-state index in [1.165, 1.54) is 10.8 Å². The van der Waals surface area contributed by atoms with Crippen LogP contribution in [0.2, 0.25) is 0 Å². The minimum absolute atomic E-state index is 0. The summed E-state index contributed by atoms with van der Waals surface area (Å²) in [5, 5.41) is 6.70. The molecule has 1 aliphatic heterocycles. The van der Waals surface area contributed by atoms with Gasteiger partial charge in [-0.2, -0.15) is 0 Å². The first-order chi connectivity index (χ1) is 6.40. The van der Waals surface area contributed by atoms with Crippen LogP contribution < -0.4 is 10.2 Å². The second kappa shape index (κ2) is 5.53. The van der Waals surface area contributed by atoms with Crippen LogP contribution in [-0.4, -0.2) is 31.2 Å². The van der Waals surface area contributed by atoms with Gasteiger partial charge in [0.15, 0.2) is 5.13 Å². The molecule has 14 heavy (non-hydrogen) atoms. The van der Waals surface area contributed by atoms with Crippen LogP contribution in [0.25, 0.3) is 0 Å². The minimum Gasteiger partial charge on any atom is -0.346 e. The Morgan fingerprint density at radius 1 is 1.50 bits per heavy atom. The van der Waals surface area contributed by atoms with Crippen molar-refractivity contribution in [1.82, 2.24) is 10.3 Å². The molecule has 1 N–H and O–H groups in total. The molecular formula is C9H16ClN3S. The number of aryl methyl sites for hydroxylation is 1. The van der Waals surface area contributed by atoms with Gasteiger partial charge in [0.05, 0.1) is 5.69 Å². The van der Waals surface area contributed by atoms with Crippen LogP contribution in [0.5, 0.6) is 0 Å². The predicted molar refractivity (Wildman–Crippen MR) is 63.8 cm³/mol. The van der Waals surface area contributed by atoms with E-state index in [0.717, 1.165) is 32.6 Å². The number of aromatic nitrogens is 1. The zero-order valence-electron chi connectivity index (χ0n) is 8.32. The molecule has 0 saturated carbocycles. The largest absolute Gasteiger partial charge is 0.346 e. The van der Waals surface area contributed by atoms with Crippen molar-refractivity contribution in [2.75, 3.05) is 31.1 Å². The highest BCUT2D eigenvalue weighted by Gasteiger charge is 2.12. The summed E-state index contributed by atoms with van der Waals surface area (Å²) in [7, 11) is 0. The molecule has 2 heterocycles. The maximum Gasteiger partial charge on any atom is 0.185 e. The van der Waals surface area contributed by atoms with Crippen molar-refractivity contribution < 1.29 is 0 Å². The number of nitrogens with one attached hydrogen (secondary N) is 1. The maximum atomic E-state index is 4.57. The molecular weight excluding hydrogens is 218 g/mol. The van der Waals surface area contributed by atoms with Gasteiger partial charge in [-0.15, -0.1) is 23.7 Å². The van der Waals surface area contributed by atoms with Crippen LogP contribution in [0, 0.1) is 0 Å². The van der Waals surface area contributed by atoms with E-state index in [1.54, 1.807) is 11.3 Å². The Labute approximate surface area is 94.9 Å². The molecule has 5 heteroatoms. The highest BCUT2D eigenvalue weighted by molar-refractivity contribution is 7.13. The fraction of sp³-hybridized carbons (Fsp3) is 0.667. The summed E-state index contributed by atoms with van der Waals surface area (Å²) < 4.78 is 0. The molecule has 1 saturated heterocycles. The first-order valence-electron chi connectivity index (χ1n) is 4.80. The second-order valence-electron chi connectivity index (χ2n) is 3.21. The molecule has 0 spiro atoms. The summed E-state index contributed by atoms with van der Waals surface area (Å²) in [4.78, 5) is 6.93. The van der Waals surface area contributed by atoms with Gasteiger partial charge in [-0.1, -0.05) is 6.92 Å². The van der Waals surface area contributed by atoms with Gasteiger partial charge in [0.1, 0.15) is 0 Å². The van der Waals surface area contributed by atoms with Crippen LogP contribution in [0.1, 0.15) is 12.6 Å². The Morgan fingerprint density at radius 3 is 2.79 bits per heavy atom. The number of rotatable bonds is 2. The third kappa shape index (κ3) is 2.59. The molecule has 1 aliphatic rings. The summed E-state index contributed by atoms with van der Waals surface area (Å²) >= 11 is 1.77. The predicted octanol–water partition coefficient (Wildman–Crippen LogP) is 1.54. The van der Waals surface area contributed by atoms with E-state index in [1.807, 2.05) is 0 Å². The van der Waals surface area contributed by atoms with Crippen molar-refractivity contribution in [3.8, 4) is 0 Å². The third-order valence-corrected chi connectivity index (χ3v) is 3.24. The van der Waals surface area contributed by atoms with Gasteiger partial charge in [0, 0.05) is 31.6 Å². The zero-order chi connectivity index (χ0) is 9.10. The SMILES string of the molecule is CCc1csc(N2CCNCC2)n1.Cl. The van der Waals surface area contributed by atoms with Gasteiger partial charge in [-0.05, 0) is 6.42 Å². The Morgan fingerprint density at radius 2 is 2.21 bits per heavy atom. The molecule has 0 amide bonds. The lowest BCUT2D eigenvalue weighted by Gasteiger charge is -2.26. The number of piperazine rings is 1. The fourth-order valence-electron chi connectivity index (χ4n) is 1.46. The van der Waals surface area contributed by atoms with E-state index in [2.05, 4.69) is 27.5 Å². The lowest BCUT2D eigenvalue weighted by Crippen LogP contribution is -2.43. The van der Waals surface area contributed by atoms with Crippen molar-refractivity contribution in [3.63, 3.8) is 0 Å². The Bertz CT molecular complexity index is 271. The maximum absolute atomic E-state index is 4.57. The molecule has 1 fully saturated rings. The highest BCUT2D eigenvalue weighted by atomic mass is 35.5. The summed E-state index contributed by atoms with van der Waals surface area (Å²) in [6.45, 7) is 6.51. The monoisotopic (exact) mass is 233 g/mol. The summed E-state index contributed by atoms with van der Waals surface area (Å²) in [5.74, 6) is 0. The first-order valence-corrected chi connectivity index (χ1v) is 5.68. The normalized spacial score (nSPS) is 16.5. The molecule has 0 atom stereocenters. The van der Waals surface area contributed by atoms with Gasteiger partial charge in [0.2, 0.25) is 0 Å². The van der Waals surface area contributed by atoms with E-state index in [-0.39, 0.29) is 12.4 Å². The average Bonchev–Trinajstić information content (AvgIpc) is 2.67.